The van der Waals surface area contributed by atoms with Gasteiger partial charge in [0.25, 0.3) is 0 Å². The van der Waals surface area contributed by atoms with E-state index < -0.39 is 5.91 Å². The number of carbonyl (C=O) groups is 2. The highest BCUT2D eigenvalue weighted by atomic mass is 16.5. The lowest BCUT2D eigenvalue weighted by Gasteiger charge is -2.15. The molecule has 3 aromatic carbocycles. The second kappa shape index (κ2) is 7.57. The molecule has 2 N–H and O–H groups in total. The molecule has 0 atom stereocenters. The molecule has 0 saturated heterocycles. The summed E-state index contributed by atoms with van der Waals surface area (Å²) in [5.41, 5.74) is 8.83. The van der Waals surface area contributed by atoms with Crippen LogP contribution in [0.25, 0.3) is 10.9 Å². The summed E-state index contributed by atoms with van der Waals surface area (Å²) < 4.78 is 8.10. The van der Waals surface area contributed by atoms with Gasteiger partial charge in [0.05, 0.1) is 23.3 Å². The van der Waals surface area contributed by atoms with Gasteiger partial charge in [0, 0.05) is 22.7 Å². The van der Waals surface area contributed by atoms with Crippen LogP contribution >= 0.6 is 0 Å². The molecule has 4 aromatic rings. The Kier molecular flexibility index (Phi) is 4.59. The number of Topliss-reactive ketones (excluding diaryl/α,β-unsaturated/α-hetero) is 1. The van der Waals surface area contributed by atoms with E-state index in [0.29, 0.717) is 28.8 Å². The van der Waals surface area contributed by atoms with Gasteiger partial charge in [-0.05, 0) is 30.3 Å². The first-order valence-corrected chi connectivity index (χ1v) is 9.92. The van der Waals surface area contributed by atoms with Gasteiger partial charge in [-0.3, -0.25) is 14.6 Å². The highest BCUT2D eigenvalue weighted by Gasteiger charge is 2.27. The minimum absolute atomic E-state index is 0.0624. The summed E-state index contributed by atoms with van der Waals surface area (Å²) in [6, 6.07) is 22.6. The summed E-state index contributed by atoms with van der Waals surface area (Å²) in [6.45, 7) is 0.503. The maximum Gasteiger partial charge on any atom is 0.249 e. The third-order valence-corrected chi connectivity index (χ3v) is 5.40. The van der Waals surface area contributed by atoms with E-state index in [1.54, 1.807) is 18.3 Å². The van der Waals surface area contributed by atoms with Crippen LogP contribution in [0.15, 0.2) is 77.8 Å². The van der Waals surface area contributed by atoms with Crippen molar-refractivity contribution in [1.29, 1.82) is 0 Å². The van der Waals surface area contributed by atoms with Crippen molar-refractivity contribution in [3.63, 3.8) is 0 Å². The molecular weight excluding hydrogens is 390 g/mol. The molecule has 2 heterocycles. The highest BCUT2D eigenvalue weighted by molar-refractivity contribution is 6.21. The van der Waals surface area contributed by atoms with Crippen molar-refractivity contribution < 1.29 is 14.3 Å². The SMILES string of the molecule is NC(=O)c1cccc2c1c1c(n2Cc2ccccc2Oc2ccccc2)C=NCC1=O. The molecule has 1 aromatic heterocycles. The van der Waals surface area contributed by atoms with Crippen molar-refractivity contribution in [2.75, 3.05) is 6.54 Å². The maximum absolute atomic E-state index is 12.7. The average Bonchev–Trinajstić information content (AvgIpc) is 3.10. The van der Waals surface area contributed by atoms with Crippen molar-refractivity contribution in [2.24, 2.45) is 10.7 Å². The van der Waals surface area contributed by atoms with E-state index in [1.807, 2.05) is 65.2 Å². The summed E-state index contributed by atoms with van der Waals surface area (Å²) in [5.74, 6) is 0.772. The van der Waals surface area contributed by atoms with Gasteiger partial charge in [-0.25, -0.2) is 0 Å². The molecule has 6 nitrogen and oxygen atoms in total. The number of ether oxygens (including phenoxy) is 1. The smallest absolute Gasteiger partial charge is 0.249 e. The Hall–Kier alpha value is -4.19. The standard InChI is InChI=1S/C25H19N3O3/c26-25(30)18-10-6-11-19-23(18)24-20(13-27-14-21(24)29)28(19)15-16-7-4-5-12-22(16)31-17-8-2-1-3-9-17/h1-13H,14-15H2,(H2,26,30). The van der Waals surface area contributed by atoms with E-state index in [2.05, 4.69) is 4.99 Å². The summed E-state index contributed by atoms with van der Waals surface area (Å²) >= 11 is 0. The molecule has 0 spiro atoms. The zero-order chi connectivity index (χ0) is 21.4. The summed E-state index contributed by atoms with van der Waals surface area (Å²) in [6.07, 6.45) is 1.70. The third kappa shape index (κ3) is 3.28. The summed E-state index contributed by atoms with van der Waals surface area (Å²) in [5, 5.41) is 0.586. The van der Waals surface area contributed by atoms with Crippen LogP contribution in [-0.2, 0) is 6.54 Å². The lowest BCUT2D eigenvalue weighted by Crippen LogP contribution is -2.16. The number of hydrogen-bond donors (Lipinski definition) is 1. The van der Waals surface area contributed by atoms with Crippen molar-refractivity contribution in [3.05, 3.63) is 95.2 Å². The van der Waals surface area contributed by atoms with Crippen molar-refractivity contribution >= 4 is 28.8 Å². The fourth-order valence-electron chi connectivity index (χ4n) is 4.03. The van der Waals surface area contributed by atoms with Crippen molar-refractivity contribution in [3.8, 4) is 11.5 Å². The largest absolute Gasteiger partial charge is 0.457 e. The van der Waals surface area contributed by atoms with Gasteiger partial charge in [-0.2, -0.15) is 0 Å². The number of amides is 1. The van der Waals surface area contributed by atoms with Crippen LogP contribution in [0.3, 0.4) is 0 Å². The zero-order valence-corrected chi connectivity index (χ0v) is 16.6. The monoisotopic (exact) mass is 409 g/mol. The number of hydrogen-bond acceptors (Lipinski definition) is 4. The predicted octanol–water partition coefficient (Wildman–Crippen LogP) is 4.20. The average molecular weight is 409 g/mol. The molecule has 152 valence electrons. The Morgan fingerprint density at radius 3 is 2.58 bits per heavy atom. The van der Waals surface area contributed by atoms with Crippen LogP contribution in [0.2, 0.25) is 0 Å². The number of benzene rings is 3. The van der Waals surface area contributed by atoms with Crippen LogP contribution < -0.4 is 10.5 Å². The van der Waals surface area contributed by atoms with E-state index in [0.717, 1.165) is 22.6 Å². The van der Waals surface area contributed by atoms with Gasteiger partial charge in [-0.1, -0.05) is 42.5 Å². The number of fused-ring (bicyclic) bond motifs is 3. The molecular formula is C25H19N3O3. The second-order valence-corrected chi connectivity index (χ2v) is 7.33. The first-order chi connectivity index (χ1) is 15.1. The number of carbonyl (C=O) groups excluding carboxylic acids is 2. The van der Waals surface area contributed by atoms with Gasteiger partial charge in [0.2, 0.25) is 5.91 Å². The van der Waals surface area contributed by atoms with E-state index in [-0.39, 0.29) is 12.3 Å². The molecule has 1 amide bonds. The van der Waals surface area contributed by atoms with Crippen LogP contribution in [0.5, 0.6) is 11.5 Å². The van der Waals surface area contributed by atoms with Gasteiger partial charge in [0.1, 0.15) is 18.0 Å². The predicted molar refractivity (Wildman–Crippen MR) is 119 cm³/mol. The number of nitrogens with zero attached hydrogens (tertiary/aromatic N) is 2. The molecule has 31 heavy (non-hydrogen) atoms. The van der Waals surface area contributed by atoms with Crippen LogP contribution in [-0.4, -0.2) is 29.0 Å². The lowest BCUT2D eigenvalue weighted by molar-refractivity contribution is 0.0998. The Morgan fingerprint density at radius 1 is 1.00 bits per heavy atom. The normalized spacial score (nSPS) is 12.7. The first-order valence-electron chi connectivity index (χ1n) is 9.92. The molecule has 6 heteroatoms. The quantitative estimate of drug-likeness (QED) is 0.536. The first kappa shape index (κ1) is 18.8. The Balaban J connectivity index is 1.67. The minimum Gasteiger partial charge on any atom is -0.457 e. The van der Waals surface area contributed by atoms with E-state index in [9.17, 15) is 9.59 Å². The van der Waals surface area contributed by atoms with Gasteiger partial charge in [0.15, 0.2) is 5.78 Å². The number of para-hydroxylation sites is 2. The maximum atomic E-state index is 12.7. The Labute approximate surface area is 178 Å². The van der Waals surface area contributed by atoms with Gasteiger partial charge in [-0.15, -0.1) is 0 Å². The van der Waals surface area contributed by atoms with E-state index in [1.165, 1.54) is 0 Å². The second-order valence-electron chi connectivity index (χ2n) is 7.33. The fourth-order valence-corrected chi connectivity index (χ4v) is 4.03. The number of aromatic nitrogens is 1. The number of nitrogens with two attached hydrogens (primary N) is 1. The molecule has 0 aliphatic carbocycles. The minimum atomic E-state index is -0.561. The summed E-state index contributed by atoms with van der Waals surface area (Å²) in [4.78, 5) is 29.0. The van der Waals surface area contributed by atoms with Gasteiger partial charge >= 0.3 is 0 Å². The van der Waals surface area contributed by atoms with Crippen LogP contribution in [0.4, 0.5) is 0 Å². The molecule has 5 rings (SSSR count). The fraction of sp³-hybridized carbons (Fsp3) is 0.0800. The van der Waals surface area contributed by atoms with E-state index in [4.69, 9.17) is 10.5 Å². The molecule has 0 bridgehead atoms. The zero-order valence-electron chi connectivity index (χ0n) is 16.6. The molecule has 0 saturated carbocycles. The molecule has 0 unspecified atom stereocenters. The third-order valence-electron chi connectivity index (χ3n) is 5.40. The number of primary amides is 1. The van der Waals surface area contributed by atoms with Crippen LogP contribution in [0, 0.1) is 0 Å². The Morgan fingerprint density at radius 2 is 1.77 bits per heavy atom. The van der Waals surface area contributed by atoms with Crippen molar-refractivity contribution in [2.45, 2.75) is 6.54 Å². The molecule has 1 aliphatic rings. The van der Waals surface area contributed by atoms with Crippen LogP contribution in [0.1, 0.15) is 32.0 Å². The lowest BCUT2D eigenvalue weighted by atomic mass is 10.0. The molecule has 0 fully saturated rings. The number of ketones is 1. The molecule has 1 aliphatic heterocycles. The Bertz CT molecular complexity index is 1350. The van der Waals surface area contributed by atoms with E-state index >= 15 is 0 Å². The molecule has 0 radical (unpaired) electrons. The van der Waals surface area contributed by atoms with Crippen molar-refractivity contribution in [1.82, 2.24) is 4.57 Å². The number of rotatable bonds is 5. The topological polar surface area (TPSA) is 86.7 Å². The number of aliphatic imine (C=N–C) groups is 1. The van der Waals surface area contributed by atoms with Gasteiger partial charge < -0.3 is 15.0 Å². The highest BCUT2D eigenvalue weighted by Crippen LogP contribution is 2.33. The summed E-state index contributed by atoms with van der Waals surface area (Å²) in [7, 11) is 0.